The monoisotopic (exact) mass is 725 g/mol. The third-order valence-corrected chi connectivity index (χ3v) is 9.90. The fourth-order valence-electron chi connectivity index (χ4n) is 5.16. The topological polar surface area (TPSA) is 127 Å². The number of aryl methyl sites for hydroxylation is 1. The number of nitriles is 1. The molecule has 20 heteroatoms. The van der Waals surface area contributed by atoms with E-state index in [0.717, 1.165) is 28.9 Å². The zero-order valence-electron chi connectivity index (χ0n) is 24.9. The highest BCUT2D eigenvalue weighted by atomic mass is 32.2. The van der Waals surface area contributed by atoms with E-state index in [1.54, 1.807) is 0 Å². The van der Waals surface area contributed by atoms with Crippen molar-refractivity contribution in [1.82, 2.24) is 15.1 Å². The molecule has 2 atom stereocenters. The van der Waals surface area contributed by atoms with Crippen LogP contribution in [-0.4, -0.2) is 60.6 Å². The predicted octanol–water partition coefficient (Wildman–Crippen LogP) is 6.32. The van der Waals surface area contributed by atoms with Crippen LogP contribution in [0, 0.1) is 18.3 Å². The minimum absolute atomic E-state index is 0.00104. The normalized spacial score (nSPS) is 19.3. The van der Waals surface area contributed by atoms with Gasteiger partial charge in [-0.05, 0) is 62.2 Å². The highest BCUT2D eigenvalue weighted by molar-refractivity contribution is 7.92. The number of sulfone groups is 1. The molecule has 3 aromatic rings. The van der Waals surface area contributed by atoms with Crippen molar-refractivity contribution in [3.63, 3.8) is 0 Å². The Morgan fingerprint density at radius 1 is 1.02 bits per heavy atom. The van der Waals surface area contributed by atoms with Crippen LogP contribution in [0.5, 0.6) is 5.75 Å². The van der Waals surface area contributed by atoms with Crippen molar-refractivity contribution in [3.05, 3.63) is 65.4 Å². The second-order valence-corrected chi connectivity index (χ2v) is 13.6. The molecule has 2 heterocycles. The van der Waals surface area contributed by atoms with Gasteiger partial charge < -0.3 is 19.7 Å². The smallest absolute Gasteiger partial charge is 0.422 e. The fraction of sp³-hybridized carbons (Fsp3) is 0.414. The van der Waals surface area contributed by atoms with Crippen LogP contribution in [-0.2, 0) is 26.9 Å². The Morgan fingerprint density at radius 3 is 2.22 bits per heavy atom. The summed E-state index contributed by atoms with van der Waals surface area (Å²) in [7, 11) is -5.00. The van der Waals surface area contributed by atoms with E-state index in [1.165, 1.54) is 17.9 Å². The molecule has 1 saturated heterocycles. The van der Waals surface area contributed by atoms with E-state index in [1.807, 2.05) is 6.07 Å². The lowest BCUT2D eigenvalue weighted by Crippen LogP contribution is -2.42. The second-order valence-electron chi connectivity index (χ2n) is 11.4. The minimum atomic E-state index is -5.36. The first-order valence-electron chi connectivity index (χ1n) is 14.2. The molecule has 2 aromatic carbocycles. The van der Waals surface area contributed by atoms with Gasteiger partial charge in [0.2, 0.25) is 0 Å². The van der Waals surface area contributed by atoms with Crippen LogP contribution in [0.25, 0.3) is 5.69 Å². The number of rotatable bonds is 8. The van der Waals surface area contributed by atoms with Crippen molar-refractivity contribution in [2.24, 2.45) is 0 Å². The van der Waals surface area contributed by atoms with Crippen LogP contribution in [0.4, 0.5) is 50.1 Å². The molecule has 1 N–H and O–H groups in total. The molecule has 49 heavy (non-hydrogen) atoms. The van der Waals surface area contributed by atoms with Gasteiger partial charge >= 0.3 is 24.6 Å². The third kappa shape index (κ3) is 7.81. The number of nitrogens with zero attached hydrogens (tertiary/aromatic N) is 4. The first kappa shape index (κ1) is 35.6. The summed E-state index contributed by atoms with van der Waals surface area (Å²) in [5.41, 5.74) is -3.65. The van der Waals surface area contributed by atoms with Gasteiger partial charge in [-0.3, -0.25) is 0 Å². The van der Waals surface area contributed by atoms with Gasteiger partial charge in [-0.1, -0.05) is 0 Å². The number of amides is 1. The van der Waals surface area contributed by atoms with Gasteiger partial charge in [0.25, 0.3) is 0 Å². The van der Waals surface area contributed by atoms with E-state index in [0.29, 0.717) is 25.0 Å². The molecule has 0 unspecified atom stereocenters. The van der Waals surface area contributed by atoms with E-state index in [2.05, 4.69) is 15.2 Å². The maximum absolute atomic E-state index is 14.1. The lowest BCUT2D eigenvalue weighted by atomic mass is 10.2. The van der Waals surface area contributed by atoms with Crippen LogP contribution in [0.1, 0.15) is 36.1 Å². The van der Waals surface area contributed by atoms with Crippen molar-refractivity contribution in [3.8, 4) is 17.5 Å². The molecular formula is C29H24F9N5O5S. The number of aromatic nitrogens is 2. The zero-order chi connectivity index (χ0) is 36.2. The molecule has 2 aliphatic rings. The first-order valence-corrected chi connectivity index (χ1v) is 15.7. The van der Waals surface area contributed by atoms with E-state index in [4.69, 9.17) is 4.74 Å². The highest BCUT2D eigenvalue weighted by Crippen LogP contribution is 2.41. The molecule has 1 aliphatic heterocycles. The van der Waals surface area contributed by atoms with E-state index in [-0.39, 0.29) is 23.3 Å². The van der Waals surface area contributed by atoms with Gasteiger partial charge in [0.05, 0.1) is 38.7 Å². The number of benzene rings is 2. The lowest BCUT2D eigenvalue weighted by Gasteiger charge is -2.27. The van der Waals surface area contributed by atoms with E-state index < -0.39 is 92.8 Å². The summed E-state index contributed by atoms with van der Waals surface area (Å²) in [5, 5.41) is 14.2. The number of hydrogen-bond acceptors (Lipinski definition) is 8. The van der Waals surface area contributed by atoms with Gasteiger partial charge in [-0.15, -0.1) is 0 Å². The average Bonchev–Trinajstić information content (AvgIpc) is 3.46. The summed E-state index contributed by atoms with van der Waals surface area (Å²) in [5.74, 6) is -0.891. The highest BCUT2D eigenvalue weighted by Gasteiger charge is 2.49. The van der Waals surface area contributed by atoms with Gasteiger partial charge in [-0.25, -0.2) is 17.9 Å². The molecule has 1 aliphatic carbocycles. The molecule has 2 fully saturated rings. The summed E-state index contributed by atoms with van der Waals surface area (Å²) < 4.78 is 158. The Bertz CT molecular complexity index is 1880. The van der Waals surface area contributed by atoms with Crippen LogP contribution in [0.15, 0.2) is 53.4 Å². The van der Waals surface area contributed by atoms with Gasteiger partial charge in [0, 0.05) is 19.0 Å². The Kier molecular flexibility index (Phi) is 8.97. The predicted molar refractivity (Wildman–Crippen MR) is 150 cm³/mol. The van der Waals surface area contributed by atoms with Crippen molar-refractivity contribution in [1.29, 1.82) is 5.26 Å². The molecule has 264 valence electrons. The fourth-order valence-corrected chi connectivity index (χ4v) is 7.04. The number of alkyl carbamates (subject to hydrolysis) is 1. The molecule has 5 rings (SSSR count). The number of ether oxygens (including phenoxy) is 2. The third-order valence-electron chi connectivity index (χ3n) is 7.71. The SMILES string of the molecule is Cc1cc(N2C[C@H](S(=O)(=O)c3ccc(OCC(F)(F)F)cc3C(F)(F)F)C[C@@H]2OC(=O)NC2(C#N)CC2)n(-c2ccc(C(F)(F)F)cc2)n1. The molecular weight excluding hydrogens is 701 g/mol. The summed E-state index contributed by atoms with van der Waals surface area (Å²) in [6.45, 7) is -1.06. The Hall–Kier alpha value is -4.67. The van der Waals surface area contributed by atoms with Crippen LogP contribution in [0.2, 0.25) is 0 Å². The van der Waals surface area contributed by atoms with Crippen molar-refractivity contribution < 1.29 is 62.2 Å². The minimum Gasteiger partial charge on any atom is -0.484 e. The van der Waals surface area contributed by atoms with Crippen LogP contribution >= 0.6 is 0 Å². The van der Waals surface area contributed by atoms with Crippen LogP contribution < -0.4 is 15.0 Å². The molecule has 1 aromatic heterocycles. The molecule has 1 saturated carbocycles. The average molecular weight is 726 g/mol. The number of carbonyl (C=O) groups excluding carboxylic acids is 1. The maximum atomic E-state index is 14.1. The Labute approximate surface area is 271 Å². The standard InChI is InChI=1S/C29H24F9N5O5S/c1-16-10-23(43(41-16)18-4-2-17(3-5-18)28(33,34)35)42-13-20(12-24(42)48-25(44)40-26(14-39)8-9-26)49(45,46)22-7-6-19(47-15-27(30,31)32)11-21(22)29(36,37)38/h2-7,10-11,20,24H,8-9,12-13,15H2,1H3,(H,40,44)/t20-,24+/m1/s1. The summed E-state index contributed by atoms with van der Waals surface area (Å²) in [4.78, 5) is 12.7. The van der Waals surface area contributed by atoms with Gasteiger partial charge in [0.1, 0.15) is 17.1 Å². The number of nitrogens with one attached hydrogen (secondary N) is 1. The number of anilines is 1. The second kappa shape index (κ2) is 12.3. The quantitative estimate of drug-likeness (QED) is 0.268. The molecule has 1 amide bonds. The van der Waals surface area contributed by atoms with Gasteiger partial charge in [0.15, 0.2) is 22.7 Å². The number of halogens is 9. The summed E-state index contributed by atoms with van der Waals surface area (Å²) in [6, 6.07) is 8.22. The van der Waals surface area contributed by atoms with E-state index >= 15 is 0 Å². The summed E-state index contributed by atoms with van der Waals surface area (Å²) >= 11 is 0. The largest absolute Gasteiger partial charge is 0.484 e. The molecule has 0 bridgehead atoms. The molecule has 0 radical (unpaired) electrons. The van der Waals surface area contributed by atoms with E-state index in [9.17, 15) is 58.0 Å². The van der Waals surface area contributed by atoms with Crippen molar-refractivity contribution in [2.75, 3.05) is 18.1 Å². The Balaban J connectivity index is 1.52. The molecule has 10 nitrogen and oxygen atoms in total. The van der Waals surface area contributed by atoms with Crippen molar-refractivity contribution in [2.45, 2.75) is 66.6 Å². The van der Waals surface area contributed by atoms with Crippen molar-refractivity contribution >= 4 is 21.7 Å². The maximum Gasteiger partial charge on any atom is 0.422 e. The molecule has 0 spiro atoms. The Morgan fingerprint density at radius 2 is 1.67 bits per heavy atom. The van der Waals surface area contributed by atoms with Crippen LogP contribution in [0.3, 0.4) is 0 Å². The summed E-state index contributed by atoms with van der Waals surface area (Å²) in [6.07, 6.45) is -17.6. The van der Waals surface area contributed by atoms with Gasteiger partial charge in [-0.2, -0.15) is 49.9 Å². The number of hydrogen-bond donors (Lipinski definition) is 1. The first-order chi connectivity index (χ1) is 22.6. The number of carbonyl (C=O) groups is 1. The number of alkyl halides is 9. The zero-order valence-corrected chi connectivity index (χ0v) is 25.8. The lowest BCUT2D eigenvalue weighted by molar-refractivity contribution is -0.153.